The summed E-state index contributed by atoms with van der Waals surface area (Å²) in [5.41, 5.74) is 4.78. The van der Waals surface area contributed by atoms with E-state index in [1.165, 1.54) is 0 Å². The Bertz CT molecular complexity index is 732. The summed E-state index contributed by atoms with van der Waals surface area (Å²) < 4.78 is 3.08. The van der Waals surface area contributed by atoms with Crippen LogP contribution in [0.25, 0.3) is 10.2 Å². The van der Waals surface area contributed by atoms with Gasteiger partial charge < -0.3 is 5.32 Å². The van der Waals surface area contributed by atoms with Crippen LogP contribution >= 0.6 is 22.9 Å². The second kappa shape index (κ2) is 5.42. The van der Waals surface area contributed by atoms with Gasteiger partial charge in [-0.1, -0.05) is 11.6 Å². The van der Waals surface area contributed by atoms with Crippen LogP contribution in [0.5, 0.6) is 0 Å². The maximum Gasteiger partial charge on any atom is 0.106 e. The molecule has 2 aromatic heterocycles. The van der Waals surface area contributed by atoms with E-state index >= 15 is 0 Å². The molecular weight excluding hydrogens is 292 g/mol. The molecule has 6 heteroatoms. The maximum absolute atomic E-state index is 6.26. The van der Waals surface area contributed by atoms with Crippen molar-refractivity contribution in [3.63, 3.8) is 0 Å². The fourth-order valence-corrected chi connectivity index (χ4v) is 2.92. The minimum atomic E-state index is 0.370. The lowest BCUT2D eigenvalue weighted by Crippen LogP contribution is -2.01. The molecule has 1 N–H and O–H groups in total. The van der Waals surface area contributed by atoms with E-state index in [0.717, 1.165) is 21.5 Å². The van der Waals surface area contributed by atoms with Crippen molar-refractivity contribution in [3.8, 4) is 0 Å². The number of hydrogen-bond donors (Lipinski definition) is 1. The largest absolute Gasteiger partial charge is 0.378 e. The van der Waals surface area contributed by atoms with E-state index in [9.17, 15) is 0 Å². The average molecular weight is 307 g/mol. The van der Waals surface area contributed by atoms with Crippen LogP contribution in [0.15, 0.2) is 30.0 Å². The molecule has 0 aliphatic heterocycles. The van der Waals surface area contributed by atoms with Gasteiger partial charge in [0.2, 0.25) is 0 Å². The van der Waals surface area contributed by atoms with Gasteiger partial charge in [-0.05, 0) is 26.0 Å². The molecule has 0 aliphatic carbocycles. The topological polar surface area (TPSA) is 42.7 Å². The molecule has 0 aliphatic rings. The molecule has 0 radical (unpaired) electrons. The highest BCUT2D eigenvalue weighted by Gasteiger charge is 2.09. The van der Waals surface area contributed by atoms with Crippen LogP contribution < -0.4 is 5.32 Å². The van der Waals surface area contributed by atoms with Gasteiger partial charge in [-0.3, -0.25) is 4.68 Å². The molecule has 4 nitrogen and oxygen atoms in total. The van der Waals surface area contributed by atoms with Crippen molar-refractivity contribution in [1.82, 2.24) is 14.8 Å². The third-order valence-corrected chi connectivity index (χ3v) is 4.21. The molecule has 3 aromatic rings. The zero-order chi connectivity index (χ0) is 14.1. The predicted octanol–water partition coefficient (Wildman–Crippen LogP) is 4.34. The molecule has 0 unspecified atom stereocenters. The summed E-state index contributed by atoms with van der Waals surface area (Å²) in [6, 6.07) is 4.27. The molecule has 0 bridgehead atoms. The first-order valence-electron chi connectivity index (χ1n) is 6.44. The molecule has 0 atom stereocenters. The van der Waals surface area contributed by atoms with Crippen LogP contribution in [0.1, 0.15) is 25.5 Å². The van der Waals surface area contributed by atoms with Crippen molar-refractivity contribution in [2.45, 2.75) is 26.4 Å². The van der Waals surface area contributed by atoms with E-state index in [4.69, 9.17) is 11.6 Å². The van der Waals surface area contributed by atoms with Gasteiger partial charge >= 0.3 is 0 Å². The van der Waals surface area contributed by atoms with Gasteiger partial charge in [0.1, 0.15) is 5.52 Å². The minimum absolute atomic E-state index is 0.370. The van der Waals surface area contributed by atoms with Crippen LogP contribution in [0.2, 0.25) is 5.02 Å². The van der Waals surface area contributed by atoms with Gasteiger partial charge in [0.05, 0.1) is 27.1 Å². The predicted molar refractivity (Wildman–Crippen MR) is 84.6 cm³/mol. The highest BCUT2D eigenvalue weighted by molar-refractivity contribution is 7.16. The molecule has 0 amide bonds. The number of thiazole rings is 1. The zero-order valence-corrected chi connectivity index (χ0v) is 12.9. The van der Waals surface area contributed by atoms with Gasteiger partial charge in [-0.15, -0.1) is 11.3 Å². The number of anilines is 1. The van der Waals surface area contributed by atoms with Crippen LogP contribution in [-0.4, -0.2) is 14.8 Å². The van der Waals surface area contributed by atoms with E-state index < -0.39 is 0 Å². The Hall–Kier alpha value is -1.59. The van der Waals surface area contributed by atoms with Crippen molar-refractivity contribution < 1.29 is 0 Å². The van der Waals surface area contributed by atoms with Gasteiger partial charge in [0.25, 0.3) is 0 Å². The third kappa shape index (κ3) is 2.51. The van der Waals surface area contributed by atoms with Gasteiger partial charge in [-0.2, -0.15) is 5.10 Å². The fraction of sp³-hybridized carbons (Fsp3) is 0.286. The maximum atomic E-state index is 6.26. The first kappa shape index (κ1) is 13.4. The van der Waals surface area contributed by atoms with E-state index in [2.05, 4.69) is 29.2 Å². The average Bonchev–Trinajstić information content (AvgIpc) is 3.05. The van der Waals surface area contributed by atoms with Crippen LogP contribution in [0.4, 0.5) is 5.69 Å². The molecule has 0 fully saturated rings. The standard InChI is InChI=1S/C14H15ClN4S/c1-9(2)19-7-10(6-18-19)5-16-13-11(15)3-4-12-14(13)17-8-20-12/h3-4,6-9,16H,5H2,1-2H3. The van der Waals surface area contributed by atoms with Gasteiger partial charge in [-0.25, -0.2) is 4.98 Å². The molecule has 20 heavy (non-hydrogen) atoms. The number of halogens is 1. The first-order valence-corrected chi connectivity index (χ1v) is 7.69. The summed E-state index contributed by atoms with van der Waals surface area (Å²) in [7, 11) is 0. The quantitative estimate of drug-likeness (QED) is 0.779. The monoisotopic (exact) mass is 306 g/mol. The Morgan fingerprint density at radius 2 is 2.25 bits per heavy atom. The second-order valence-electron chi connectivity index (χ2n) is 4.90. The minimum Gasteiger partial charge on any atom is -0.378 e. The van der Waals surface area contributed by atoms with Crippen LogP contribution in [0.3, 0.4) is 0 Å². The lowest BCUT2D eigenvalue weighted by Gasteiger charge is -2.08. The Morgan fingerprint density at radius 1 is 1.40 bits per heavy atom. The number of benzene rings is 1. The number of fused-ring (bicyclic) bond motifs is 1. The summed E-state index contributed by atoms with van der Waals surface area (Å²) in [6.07, 6.45) is 3.93. The van der Waals surface area contributed by atoms with Crippen molar-refractivity contribution >= 4 is 38.8 Å². The van der Waals surface area contributed by atoms with E-state index in [1.807, 2.05) is 34.7 Å². The van der Waals surface area contributed by atoms with Gasteiger partial charge in [0.15, 0.2) is 0 Å². The van der Waals surface area contributed by atoms with E-state index in [0.29, 0.717) is 17.6 Å². The van der Waals surface area contributed by atoms with Crippen molar-refractivity contribution in [2.24, 2.45) is 0 Å². The normalized spacial score (nSPS) is 11.4. The molecule has 3 rings (SSSR count). The van der Waals surface area contributed by atoms with E-state index in [-0.39, 0.29) is 0 Å². The molecule has 2 heterocycles. The number of hydrogen-bond acceptors (Lipinski definition) is 4. The van der Waals surface area contributed by atoms with Crippen molar-refractivity contribution in [2.75, 3.05) is 5.32 Å². The lowest BCUT2D eigenvalue weighted by atomic mass is 10.2. The molecule has 1 aromatic carbocycles. The summed E-state index contributed by atoms with van der Waals surface area (Å²) in [4.78, 5) is 4.38. The van der Waals surface area contributed by atoms with Gasteiger partial charge in [0, 0.05) is 24.3 Å². The second-order valence-corrected chi connectivity index (χ2v) is 6.19. The SMILES string of the molecule is CC(C)n1cc(CNc2c(Cl)ccc3scnc23)cn1. The zero-order valence-electron chi connectivity index (χ0n) is 11.3. The molecule has 0 spiro atoms. The van der Waals surface area contributed by atoms with Crippen LogP contribution in [-0.2, 0) is 6.54 Å². The summed E-state index contributed by atoms with van der Waals surface area (Å²) in [6.45, 7) is 4.90. The fourth-order valence-electron chi connectivity index (χ4n) is 2.02. The Kier molecular flexibility index (Phi) is 3.63. The summed E-state index contributed by atoms with van der Waals surface area (Å²) in [5, 5.41) is 8.40. The Balaban J connectivity index is 1.82. The van der Waals surface area contributed by atoms with Crippen LogP contribution in [0, 0.1) is 0 Å². The Labute approximate surface area is 126 Å². The smallest absolute Gasteiger partial charge is 0.106 e. The Morgan fingerprint density at radius 3 is 3.00 bits per heavy atom. The van der Waals surface area contributed by atoms with Crippen molar-refractivity contribution in [1.29, 1.82) is 0 Å². The molecule has 0 saturated carbocycles. The number of aromatic nitrogens is 3. The lowest BCUT2D eigenvalue weighted by molar-refractivity contribution is 0.532. The molecular formula is C14H15ClN4S. The number of nitrogens with zero attached hydrogens (tertiary/aromatic N) is 3. The van der Waals surface area contributed by atoms with Crippen molar-refractivity contribution in [3.05, 3.63) is 40.6 Å². The highest BCUT2D eigenvalue weighted by atomic mass is 35.5. The molecule has 104 valence electrons. The number of nitrogens with one attached hydrogen (secondary N) is 1. The summed E-state index contributed by atoms with van der Waals surface area (Å²) in [5.74, 6) is 0. The molecule has 0 saturated heterocycles. The number of rotatable bonds is 4. The first-order chi connectivity index (χ1) is 9.65. The highest BCUT2D eigenvalue weighted by Crippen LogP contribution is 2.32. The third-order valence-electron chi connectivity index (χ3n) is 3.10. The van der Waals surface area contributed by atoms with E-state index in [1.54, 1.807) is 11.3 Å². The summed E-state index contributed by atoms with van der Waals surface area (Å²) >= 11 is 7.88.